The molecule has 1 N–H and O–H groups in total. The standard InChI is InChI=1S/C15H18ClN3O3S/c1-22-13-9-12(11-18-23(20,21)8-4-6-16)19-15(10-13)14-5-2-3-7-17-14/h2-3,5,7,9-10,18H,4,6,8,11H2,1H3. The zero-order valence-electron chi connectivity index (χ0n) is 12.7. The van der Waals surface area contributed by atoms with E-state index in [1.54, 1.807) is 25.4 Å². The Labute approximate surface area is 140 Å². The number of pyridine rings is 2. The average Bonchev–Trinajstić information content (AvgIpc) is 2.59. The minimum atomic E-state index is -3.37. The van der Waals surface area contributed by atoms with Crippen LogP contribution in [0, 0.1) is 0 Å². The minimum Gasteiger partial charge on any atom is -0.497 e. The number of methoxy groups -OCH3 is 1. The van der Waals surface area contributed by atoms with E-state index in [9.17, 15) is 8.42 Å². The molecule has 0 spiro atoms. The number of nitrogens with one attached hydrogen (secondary N) is 1. The van der Waals surface area contributed by atoms with Gasteiger partial charge in [0.1, 0.15) is 5.75 Å². The molecule has 0 radical (unpaired) electrons. The van der Waals surface area contributed by atoms with Crippen LogP contribution < -0.4 is 9.46 Å². The zero-order valence-corrected chi connectivity index (χ0v) is 14.3. The molecular formula is C15H18ClN3O3S. The first-order chi connectivity index (χ1) is 11.0. The maximum Gasteiger partial charge on any atom is 0.211 e. The molecule has 0 aliphatic rings. The Kier molecular flexibility index (Phi) is 6.32. The van der Waals surface area contributed by atoms with Gasteiger partial charge in [0, 0.05) is 24.2 Å². The lowest BCUT2D eigenvalue weighted by molar-refractivity contribution is 0.413. The Hall–Kier alpha value is -1.70. The van der Waals surface area contributed by atoms with Gasteiger partial charge in [-0.3, -0.25) is 4.98 Å². The SMILES string of the molecule is COc1cc(CNS(=O)(=O)CCCCl)nc(-c2ccccn2)c1. The Balaban J connectivity index is 2.19. The van der Waals surface area contributed by atoms with Gasteiger partial charge in [0.2, 0.25) is 10.0 Å². The number of sulfonamides is 1. The van der Waals surface area contributed by atoms with Crippen molar-refractivity contribution in [2.24, 2.45) is 0 Å². The van der Waals surface area contributed by atoms with E-state index in [2.05, 4.69) is 14.7 Å². The molecule has 124 valence electrons. The van der Waals surface area contributed by atoms with Crippen molar-refractivity contribution in [1.29, 1.82) is 0 Å². The summed E-state index contributed by atoms with van der Waals surface area (Å²) in [5.41, 5.74) is 1.87. The highest BCUT2D eigenvalue weighted by Gasteiger charge is 2.12. The van der Waals surface area contributed by atoms with Crippen molar-refractivity contribution in [1.82, 2.24) is 14.7 Å². The lowest BCUT2D eigenvalue weighted by Crippen LogP contribution is -2.26. The third-order valence-corrected chi connectivity index (χ3v) is 4.71. The molecule has 6 nitrogen and oxygen atoms in total. The van der Waals surface area contributed by atoms with E-state index in [0.29, 0.717) is 35.1 Å². The van der Waals surface area contributed by atoms with Crippen molar-refractivity contribution in [3.63, 3.8) is 0 Å². The van der Waals surface area contributed by atoms with Crippen LogP contribution in [0.4, 0.5) is 0 Å². The maximum absolute atomic E-state index is 11.8. The monoisotopic (exact) mass is 355 g/mol. The largest absolute Gasteiger partial charge is 0.497 e. The number of hydrogen-bond donors (Lipinski definition) is 1. The van der Waals surface area contributed by atoms with E-state index in [1.165, 1.54) is 0 Å². The number of hydrogen-bond acceptors (Lipinski definition) is 5. The van der Waals surface area contributed by atoms with Gasteiger partial charge in [-0.15, -0.1) is 11.6 Å². The third kappa shape index (κ3) is 5.46. The molecule has 0 aliphatic carbocycles. The Morgan fingerprint density at radius 2 is 2.09 bits per heavy atom. The number of aromatic nitrogens is 2. The summed E-state index contributed by atoms with van der Waals surface area (Å²) in [5.74, 6) is 0.894. The number of rotatable bonds is 8. The first-order valence-electron chi connectivity index (χ1n) is 7.04. The molecule has 0 fully saturated rings. The highest BCUT2D eigenvalue weighted by molar-refractivity contribution is 7.89. The summed E-state index contributed by atoms with van der Waals surface area (Å²) in [6.07, 6.45) is 2.08. The van der Waals surface area contributed by atoms with Crippen LogP contribution in [0.15, 0.2) is 36.5 Å². The molecular weight excluding hydrogens is 338 g/mol. The third-order valence-electron chi connectivity index (χ3n) is 3.03. The number of halogens is 1. The van der Waals surface area contributed by atoms with Crippen LogP contribution in [-0.4, -0.2) is 37.1 Å². The lowest BCUT2D eigenvalue weighted by Gasteiger charge is -2.09. The summed E-state index contributed by atoms with van der Waals surface area (Å²) in [5, 5.41) is 0. The number of alkyl halides is 1. The van der Waals surface area contributed by atoms with Gasteiger partial charge in [0.05, 0.1) is 36.5 Å². The van der Waals surface area contributed by atoms with Crippen molar-refractivity contribution < 1.29 is 13.2 Å². The van der Waals surface area contributed by atoms with E-state index >= 15 is 0 Å². The van der Waals surface area contributed by atoms with Crippen molar-refractivity contribution in [2.75, 3.05) is 18.7 Å². The predicted molar refractivity (Wildman–Crippen MR) is 90.0 cm³/mol. The summed E-state index contributed by atoms with van der Waals surface area (Å²) in [4.78, 5) is 8.68. The van der Waals surface area contributed by atoms with Crippen LogP contribution in [0.5, 0.6) is 5.75 Å². The predicted octanol–water partition coefficient (Wildman–Crippen LogP) is 2.20. The topological polar surface area (TPSA) is 81.2 Å². The van der Waals surface area contributed by atoms with Gasteiger partial charge in [-0.2, -0.15) is 0 Å². The first-order valence-corrected chi connectivity index (χ1v) is 9.22. The van der Waals surface area contributed by atoms with Crippen molar-refractivity contribution in [2.45, 2.75) is 13.0 Å². The lowest BCUT2D eigenvalue weighted by atomic mass is 10.2. The number of nitrogens with zero attached hydrogens (tertiary/aromatic N) is 2. The second kappa shape index (κ2) is 8.24. The molecule has 8 heteroatoms. The van der Waals surface area contributed by atoms with E-state index in [4.69, 9.17) is 16.3 Å². The average molecular weight is 356 g/mol. The number of ether oxygens (including phenoxy) is 1. The molecule has 23 heavy (non-hydrogen) atoms. The second-order valence-corrected chi connectivity index (χ2v) is 7.09. The van der Waals surface area contributed by atoms with Gasteiger partial charge in [-0.05, 0) is 18.6 Å². The van der Waals surface area contributed by atoms with Gasteiger partial charge in [-0.25, -0.2) is 18.1 Å². The summed E-state index contributed by atoms with van der Waals surface area (Å²) < 4.78 is 31.4. The molecule has 0 aromatic carbocycles. The van der Waals surface area contributed by atoms with E-state index in [0.717, 1.165) is 0 Å². The normalized spacial score (nSPS) is 11.4. The Morgan fingerprint density at radius 3 is 2.74 bits per heavy atom. The van der Waals surface area contributed by atoms with Crippen LogP contribution in [0.3, 0.4) is 0 Å². The van der Waals surface area contributed by atoms with Gasteiger partial charge in [-0.1, -0.05) is 6.07 Å². The molecule has 2 aromatic rings. The highest BCUT2D eigenvalue weighted by Crippen LogP contribution is 2.21. The molecule has 2 heterocycles. The Bertz CT molecular complexity index is 739. The molecule has 2 aromatic heterocycles. The quantitative estimate of drug-likeness (QED) is 0.734. The molecule has 2 rings (SSSR count). The summed E-state index contributed by atoms with van der Waals surface area (Å²) in [7, 11) is -1.82. The molecule has 0 aliphatic heterocycles. The molecule has 0 bridgehead atoms. The van der Waals surface area contributed by atoms with Crippen LogP contribution in [0.1, 0.15) is 12.1 Å². The van der Waals surface area contributed by atoms with Gasteiger partial charge in [0.25, 0.3) is 0 Å². The van der Waals surface area contributed by atoms with Gasteiger partial charge >= 0.3 is 0 Å². The zero-order chi connectivity index (χ0) is 16.7. The van der Waals surface area contributed by atoms with Crippen LogP contribution in [0.25, 0.3) is 11.4 Å². The Morgan fingerprint density at radius 1 is 1.26 bits per heavy atom. The van der Waals surface area contributed by atoms with Crippen LogP contribution >= 0.6 is 11.6 Å². The van der Waals surface area contributed by atoms with E-state index in [1.807, 2.05) is 18.2 Å². The molecule has 0 saturated carbocycles. The van der Waals surface area contributed by atoms with Crippen molar-refractivity contribution in [3.8, 4) is 17.1 Å². The molecule has 0 saturated heterocycles. The fourth-order valence-electron chi connectivity index (χ4n) is 1.91. The molecule has 0 atom stereocenters. The smallest absolute Gasteiger partial charge is 0.211 e. The molecule has 0 amide bonds. The summed E-state index contributed by atoms with van der Waals surface area (Å²) >= 11 is 5.52. The maximum atomic E-state index is 11.8. The highest BCUT2D eigenvalue weighted by atomic mass is 35.5. The van der Waals surface area contributed by atoms with E-state index < -0.39 is 10.0 Å². The van der Waals surface area contributed by atoms with Crippen molar-refractivity contribution >= 4 is 21.6 Å². The first kappa shape index (κ1) is 17.7. The summed E-state index contributed by atoms with van der Waals surface area (Å²) in [6.45, 7) is 0.0850. The molecule has 0 unspecified atom stereocenters. The summed E-state index contributed by atoms with van der Waals surface area (Å²) in [6, 6.07) is 8.95. The fourth-order valence-corrected chi connectivity index (χ4v) is 3.24. The fraction of sp³-hybridized carbons (Fsp3) is 0.333. The van der Waals surface area contributed by atoms with Crippen LogP contribution in [-0.2, 0) is 16.6 Å². The van der Waals surface area contributed by atoms with E-state index in [-0.39, 0.29) is 12.3 Å². The van der Waals surface area contributed by atoms with Gasteiger partial charge in [0.15, 0.2) is 0 Å². The van der Waals surface area contributed by atoms with Crippen molar-refractivity contribution in [3.05, 3.63) is 42.2 Å². The minimum absolute atomic E-state index is 0.00638. The van der Waals surface area contributed by atoms with Crippen LogP contribution in [0.2, 0.25) is 0 Å². The van der Waals surface area contributed by atoms with Gasteiger partial charge < -0.3 is 4.74 Å². The second-order valence-electron chi connectivity index (χ2n) is 4.78.